The van der Waals surface area contributed by atoms with Crippen molar-refractivity contribution in [1.82, 2.24) is 0 Å². The molecule has 2 unspecified atom stereocenters. The molecule has 0 amide bonds. The molecule has 0 aliphatic carbocycles. The summed E-state index contributed by atoms with van der Waals surface area (Å²) in [6, 6.07) is 0. The van der Waals surface area contributed by atoms with Crippen LogP contribution < -0.4 is 9.47 Å². The van der Waals surface area contributed by atoms with Crippen LogP contribution in [0.4, 0.5) is 0 Å². The second-order valence-corrected chi connectivity index (χ2v) is 10.0. The smallest absolute Gasteiger partial charge is 0.147 e. The van der Waals surface area contributed by atoms with Crippen molar-refractivity contribution >= 4 is 91.9 Å². The third kappa shape index (κ3) is 7.58. The summed E-state index contributed by atoms with van der Waals surface area (Å²) in [7, 11) is 3.28. The number of ether oxygens (including phenoxy) is 2. The molecular weight excluding hydrogens is 646 g/mol. The number of fused-ring (bicyclic) bond motifs is 2. The summed E-state index contributed by atoms with van der Waals surface area (Å²) in [5, 5.41) is 6.66. The average Bonchev–Trinajstić information content (AvgIpc) is 3.44. The van der Waals surface area contributed by atoms with Crippen molar-refractivity contribution in [3.8, 4) is 11.5 Å². The Kier molecular flexibility index (Phi) is 15.0. The van der Waals surface area contributed by atoms with E-state index in [1.165, 1.54) is 38.5 Å². The van der Waals surface area contributed by atoms with Crippen molar-refractivity contribution in [2.75, 3.05) is 13.2 Å². The largest absolute Gasteiger partial charge is 0.491 e. The van der Waals surface area contributed by atoms with E-state index in [0.717, 1.165) is 57.7 Å². The van der Waals surface area contributed by atoms with Gasteiger partial charge < -0.3 is 9.47 Å². The van der Waals surface area contributed by atoms with Gasteiger partial charge in [0.1, 0.15) is 11.5 Å². The predicted octanol–water partition coefficient (Wildman–Crippen LogP) is 8.42. The molecule has 6 heteroatoms. The molecule has 0 saturated carbocycles. The van der Waals surface area contributed by atoms with Crippen LogP contribution in [0.2, 0.25) is 0 Å². The maximum Gasteiger partial charge on any atom is 0.147 e. The molecule has 8 radical (unpaired) electrons. The van der Waals surface area contributed by atoms with Gasteiger partial charge >= 0.3 is 0 Å². The summed E-state index contributed by atoms with van der Waals surface area (Å²) >= 11 is 0. The standard InChI is InChI=1S/C26H36O2S2.2Sn.6H2/c1-5-9-11-19(7-3)17-27-23-21-13-15-30-26(21)24(22-14-16-29-25(22)23)28-18-20(8-4)12-10-6-2;;;;;;;;/h13-14,19-20H,5-12,17-18H2,1-4H3;;;6*1H. The first-order chi connectivity index (χ1) is 14.7. The van der Waals surface area contributed by atoms with Crippen molar-refractivity contribution < 1.29 is 18.0 Å². The number of hydrogen-bond donors (Lipinski definition) is 0. The molecule has 0 saturated heterocycles. The van der Waals surface area contributed by atoms with Gasteiger partial charge in [-0.25, -0.2) is 0 Å². The van der Waals surface area contributed by atoms with E-state index >= 15 is 0 Å². The van der Waals surface area contributed by atoms with Crippen molar-refractivity contribution in [2.24, 2.45) is 11.8 Å². The molecule has 0 spiro atoms. The Labute approximate surface area is 244 Å². The number of benzene rings is 1. The Morgan fingerprint density at radius 3 is 1.50 bits per heavy atom. The Morgan fingerprint density at radius 1 is 0.750 bits per heavy atom. The van der Waals surface area contributed by atoms with E-state index in [-0.39, 0.29) is 56.4 Å². The van der Waals surface area contributed by atoms with Crippen molar-refractivity contribution in [3.05, 3.63) is 20.1 Å². The summed E-state index contributed by atoms with van der Waals surface area (Å²) in [5.41, 5.74) is 2.29. The quantitative estimate of drug-likeness (QED) is 0.125. The van der Waals surface area contributed by atoms with E-state index in [2.05, 4.69) is 49.9 Å². The molecule has 0 fully saturated rings. The van der Waals surface area contributed by atoms with Crippen molar-refractivity contribution in [2.45, 2.75) is 79.1 Å². The minimum atomic E-state index is 0. The Balaban J connectivity index is -0.000000320. The minimum Gasteiger partial charge on any atom is -0.491 e. The van der Waals surface area contributed by atoms with Gasteiger partial charge in [-0.1, -0.05) is 98.1 Å². The van der Waals surface area contributed by atoms with E-state index < -0.39 is 0 Å². The normalized spacial score (nSPS) is 13.9. The molecule has 2 heterocycles. The van der Waals surface area contributed by atoms with E-state index in [1.807, 2.05) is 0 Å². The molecule has 2 aliphatic heterocycles. The molecular formula is C26H48O2S2Sn2. The molecule has 0 aromatic heterocycles. The molecule has 0 bridgehead atoms. The summed E-state index contributed by atoms with van der Waals surface area (Å²) in [4.78, 5) is 0. The summed E-state index contributed by atoms with van der Waals surface area (Å²) < 4.78 is 15.3. The van der Waals surface area contributed by atoms with Crippen LogP contribution in [0.1, 0.15) is 98.7 Å². The number of hydrogen-bond acceptors (Lipinski definition) is 2. The van der Waals surface area contributed by atoms with Gasteiger partial charge in [0.2, 0.25) is 0 Å². The van der Waals surface area contributed by atoms with E-state index in [0.29, 0.717) is 11.8 Å². The third-order valence-corrected chi connectivity index (χ3v) is 7.82. The van der Waals surface area contributed by atoms with E-state index in [4.69, 9.17) is 9.47 Å². The topological polar surface area (TPSA) is 18.5 Å². The van der Waals surface area contributed by atoms with Crippen LogP contribution in [0.3, 0.4) is 0 Å². The first-order valence-electron chi connectivity index (χ1n) is 11.7. The molecule has 2 nitrogen and oxygen atoms in total. The van der Waals surface area contributed by atoms with Gasteiger partial charge in [0, 0.05) is 79.7 Å². The zero-order chi connectivity index (χ0) is 21.3. The van der Waals surface area contributed by atoms with E-state index in [9.17, 15) is 0 Å². The van der Waals surface area contributed by atoms with Gasteiger partial charge in [-0.05, 0) is 24.7 Å². The zero-order valence-electron chi connectivity index (χ0n) is 20.0. The van der Waals surface area contributed by atoms with Gasteiger partial charge in [0.25, 0.3) is 0 Å². The van der Waals surface area contributed by atoms with Gasteiger partial charge in [0.15, 0.2) is 0 Å². The molecule has 3 rings (SSSR count). The Hall–Kier alpha value is 0.157. The van der Waals surface area contributed by atoms with Gasteiger partial charge in [-0.2, -0.15) is 0 Å². The van der Waals surface area contributed by atoms with Crippen LogP contribution in [0, 0.1) is 20.9 Å². The van der Waals surface area contributed by atoms with Crippen LogP contribution in [0.25, 0.3) is 12.2 Å². The Morgan fingerprint density at radius 2 is 1.16 bits per heavy atom. The number of unbranched alkanes of at least 4 members (excludes halogenated alkanes) is 2. The molecule has 184 valence electrons. The predicted molar refractivity (Wildman–Crippen MR) is 160 cm³/mol. The van der Waals surface area contributed by atoms with Crippen LogP contribution >= 0.6 is 21.9 Å². The van der Waals surface area contributed by atoms with Crippen LogP contribution in [0.15, 0.2) is 0 Å². The molecule has 0 N–H and O–H groups in total. The average molecular weight is 694 g/mol. The maximum absolute atomic E-state index is 6.48. The monoisotopic (exact) mass is 696 g/mol. The third-order valence-electron chi connectivity index (χ3n) is 6.13. The van der Waals surface area contributed by atoms with Gasteiger partial charge in [-0.3, -0.25) is 0 Å². The second kappa shape index (κ2) is 15.9. The SMILES string of the molecule is CCCCC(CC)COc1c2c(c(OCC(CC)CCCC)c3c1=S=C=C3)=S=C=C2.[HH].[HH].[HH].[HH].[HH].[HH].[Sn].[Sn]. The fourth-order valence-electron chi connectivity index (χ4n) is 3.94. The summed E-state index contributed by atoms with van der Waals surface area (Å²) in [6.45, 7) is 10.6. The summed E-state index contributed by atoms with van der Waals surface area (Å²) in [5.74, 6) is 3.23. The number of rotatable bonds is 14. The molecule has 1 aromatic carbocycles. The van der Waals surface area contributed by atoms with Crippen molar-refractivity contribution in [1.29, 1.82) is 0 Å². The first kappa shape index (κ1) is 30.2. The molecule has 1 aromatic rings. The molecule has 2 aliphatic rings. The zero-order valence-corrected chi connectivity index (χ0v) is 27.4. The maximum atomic E-state index is 6.48. The van der Waals surface area contributed by atoms with Crippen LogP contribution in [0.5, 0.6) is 11.5 Å². The molecule has 32 heavy (non-hydrogen) atoms. The Bertz CT molecular complexity index is 967. The molecule has 2 atom stereocenters. The first-order valence-corrected chi connectivity index (χ1v) is 13.4. The van der Waals surface area contributed by atoms with Gasteiger partial charge in [-0.15, -0.1) is 0 Å². The fourth-order valence-corrected chi connectivity index (χ4v) is 5.58. The van der Waals surface area contributed by atoms with Crippen LogP contribution in [-0.4, -0.2) is 71.1 Å². The fraction of sp³-hybridized carbons (Fsp3) is 0.615. The second-order valence-electron chi connectivity index (χ2n) is 8.33. The van der Waals surface area contributed by atoms with Gasteiger partial charge in [0.05, 0.1) is 22.2 Å². The summed E-state index contributed by atoms with van der Waals surface area (Å²) in [6.07, 6.45) is 14.0. The van der Waals surface area contributed by atoms with Crippen molar-refractivity contribution in [3.63, 3.8) is 0 Å². The van der Waals surface area contributed by atoms with Crippen LogP contribution in [-0.2, 0) is 0 Å². The van der Waals surface area contributed by atoms with E-state index in [1.54, 1.807) is 21.9 Å². The minimum absolute atomic E-state index is 0.